The number of likely N-dealkylation sites (tertiary alicyclic amines) is 1. The number of nitrogens with zero attached hydrogens (tertiary/aromatic N) is 3. The van der Waals surface area contributed by atoms with Crippen molar-refractivity contribution in [2.24, 2.45) is 0 Å². The molecule has 1 aromatic carbocycles. The zero-order valence-corrected chi connectivity index (χ0v) is 15.7. The summed E-state index contributed by atoms with van der Waals surface area (Å²) in [5.41, 5.74) is 3.42. The van der Waals surface area contributed by atoms with Crippen molar-refractivity contribution in [2.75, 3.05) is 32.1 Å². The monoisotopic (exact) mass is 352 g/mol. The van der Waals surface area contributed by atoms with Gasteiger partial charge in [0, 0.05) is 51.3 Å². The smallest absolute Gasteiger partial charge is 0.224 e. The average Bonchev–Trinajstić information content (AvgIpc) is 2.63. The standard InChI is InChI=1S/C21H28N4O/c1-24(2)20-9-7-17(8-10-20)13-21(26)23-19-6-4-12-25(16-19)15-18-5-3-11-22-14-18/h3,5,7-11,14,19H,4,6,12-13,15-16H2,1-2H3,(H,23,26). The first-order chi connectivity index (χ1) is 12.6. The van der Waals surface area contributed by atoms with Crippen molar-refractivity contribution in [3.63, 3.8) is 0 Å². The molecule has 0 radical (unpaired) electrons. The number of nitrogens with one attached hydrogen (secondary N) is 1. The molecule has 138 valence electrons. The molecule has 1 N–H and O–H groups in total. The number of hydrogen-bond acceptors (Lipinski definition) is 4. The number of amides is 1. The zero-order chi connectivity index (χ0) is 18.4. The topological polar surface area (TPSA) is 48.5 Å². The van der Waals surface area contributed by atoms with Crippen LogP contribution in [0.1, 0.15) is 24.0 Å². The van der Waals surface area contributed by atoms with E-state index in [1.54, 1.807) is 6.20 Å². The minimum absolute atomic E-state index is 0.107. The van der Waals surface area contributed by atoms with E-state index in [-0.39, 0.29) is 11.9 Å². The summed E-state index contributed by atoms with van der Waals surface area (Å²) in [7, 11) is 4.03. The maximum atomic E-state index is 12.4. The number of carbonyl (C=O) groups excluding carboxylic acids is 1. The van der Waals surface area contributed by atoms with Crippen LogP contribution in [0, 0.1) is 0 Å². The van der Waals surface area contributed by atoms with Crippen molar-refractivity contribution in [2.45, 2.75) is 31.8 Å². The highest BCUT2D eigenvalue weighted by molar-refractivity contribution is 5.79. The molecule has 1 fully saturated rings. The Labute approximate surface area is 156 Å². The van der Waals surface area contributed by atoms with Crippen LogP contribution in [0.5, 0.6) is 0 Å². The fraction of sp³-hybridized carbons (Fsp3) is 0.429. The second-order valence-electron chi connectivity index (χ2n) is 7.24. The lowest BCUT2D eigenvalue weighted by Gasteiger charge is -2.33. The summed E-state index contributed by atoms with van der Waals surface area (Å²) >= 11 is 0. The highest BCUT2D eigenvalue weighted by Gasteiger charge is 2.21. The molecule has 2 heterocycles. The molecule has 1 atom stereocenters. The SMILES string of the molecule is CN(C)c1ccc(CC(=O)NC2CCCN(Cc3cccnc3)C2)cc1. The number of hydrogen-bond donors (Lipinski definition) is 1. The van der Waals surface area contributed by atoms with Crippen LogP contribution in [0.25, 0.3) is 0 Å². The summed E-state index contributed by atoms with van der Waals surface area (Å²) in [5, 5.41) is 3.21. The van der Waals surface area contributed by atoms with Crippen LogP contribution in [-0.4, -0.2) is 49.0 Å². The quantitative estimate of drug-likeness (QED) is 0.868. The van der Waals surface area contributed by atoms with Gasteiger partial charge < -0.3 is 10.2 Å². The van der Waals surface area contributed by atoms with E-state index in [1.165, 1.54) is 5.56 Å². The van der Waals surface area contributed by atoms with Gasteiger partial charge in [0.05, 0.1) is 6.42 Å². The van der Waals surface area contributed by atoms with Crippen LogP contribution in [-0.2, 0) is 17.8 Å². The molecule has 5 heteroatoms. The van der Waals surface area contributed by atoms with Gasteiger partial charge in [-0.3, -0.25) is 14.7 Å². The minimum atomic E-state index is 0.107. The van der Waals surface area contributed by atoms with Gasteiger partial charge in [-0.1, -0.05) is 18.2 Å². The van der Waals surface area contributed by atoms with Gasteiger partial charge in [-0.25, -0.2) is 0 Å². The molecule has 5 nitrogen and oxygen atoms in total. The van der Waals surface area contributed by atoms with Crippen molar-refractivity contribution >= 4 is 11.6 Å². The molecule has 1 aliphatic heterocycles. The van der Waals surface area contributed by atoms with Crippen LogP contribution in [0.2, 0.25) is 0 Å². The Kier molecular flexibility index (Phi) is 6.23. The molecule has 1 aromatic heterocycles. The zero-order valence-electron chi connectivity index (χ0n) is 15.7. The molecule has 1 amide bonds. The number of carbonyl (C=O) groups is 1. The van der Waals surface area contributed by atoms with Crippen LogP contribution in [0.15, 0.2) is 48.8 Å². The van der Waals surface area contributed by atoms with Gasteiger partial charge in [-0.05, 0) is 48.7 Å². The predicted molar refractivity (Wildman–Crippen MR) is 105 cm³/mol. The number of piperidine rings is 1. The van der Waals surface area contributed by atoms with Crippen molar-refractivity contribution in [1.82, 2.24) is 15.2 Å². The van der Waals surface area contributed by atoms with Crippen molar-refractivity contribution in [1.29, 1.82) is 0 Å². The van der Waals surface area contributed by atoms with E-state index < -0.39 is 0 Å². The number of rotatable bonds is 6. The van der Waals surface area contributed by atoms with Crippen molar-refractivity contribution < 1.29 is 4.79 Å². The van der Waals surface area contributed by atoms with Crippen molar-refractivity contribution in [3.8, 4) is 0 Å². The molecule has 1 saturated heterocycles. The van der Waals surface area contributed by atoms with E-state index in [2.05, 4.69) is 38.3 Å². The molecule has 3 rings (SSSR count). The summed E-state index contributed by atoms with van der Waals surface area (Å²) < 4.78 is 0. The average molecular weight is 352 g/mol. The van der Waals surface area contributed by atoms with E-state index in [4.69, 9.17) is 0 Å². The van der Waals surface area contributed by atoms with E-state index in [1.807, 2.05) is 38.5 Å². The van der Waals surface area contributed by atoms with Gasteiger partial charge in [-0.2, -0.15) is 0 Å². The number of anilines is 1. The Morgan fingerprint density at radius 2 is 2.04 bits per heavy atom. The maximum Gasteiger partial charge on any atom is 0.224 e. The van der Waals surface area contributed by atoms with Gasteiger partial charge in [0.2, 0.25) is 5.91 Å². The molecular formula is C21H28N4O. The van der Waals surface area contributed by atoms with E-state index in [9.17, 15) is 4.79 Å². The van der Waals surface area contributed by atoms with Gasteiger partial charge in [0.15, 0.2) is 0 Å². The lowest BCUT2D eigenvalue weighted by Crippen LogP contribution is -2.47. The van der Waals surface area contributed by atoms with Crippen LogP contribution in [0.4, 0.5) is 5.69 Å². The maximum absolute atomic E-state index is 12.4. The first kappa shape index (κ1) is 18.4. The van der Waals surface area contributed by atoms with Crippen LogP contribution >= 0.6 is 0 Å². The third kappa shape index (κ3) is 5.30. The van der Waals surface area contributed by atoms with Gasteiger partial charge >= 0.3 is 0 Å². The predicted octanol–water partition coefficient (Wildman–Crippen LogP) is 2.47. The Balaban J connectivity index is 1.49. The lowest BCUT2D eigenvalue weighted by molar-refractivity contribution is -0.121. The fourth-order valence-corrected chi connectivity index (χ4v) is 3.44. The van der Waals surface area contributed by atoms with E-state index in [0.29, 0.717) is 6.42 Å². The molecule has 0 aliphatic carbocycles. The Hall–Kier alpha value is -2.40. The number of pyridine rings is 1. The lowest BCUT2D eigenvalue weighted by atomic mass is 10.0. The summed E-state index contributed by atoms with van der Waals surface area (Å²) in [5.74, 6) is 0.107. The van der Waals surface area contributed by atoms with Gasteiger partial charge in [0.25, 0.3) is 0 Å². The highest BCUT2D eigenvalue weighted by Crippen LogP contribution is 2.15. The summed E-state index contributed by atoms with van der Waals surface area (Å²) in [4.78, 5) is 21.1. The molecule has 1 aliphatic rings. The Morgan fingerprint density at radius 1 is 1.23 bits per heavy atom. The molecule has 1 unspecified atom stereocenters. The molecular weight excluding hydrogens is 324 g/mol. The van der Waals surface area contributed by atoms with Gasteiger partial charge in [0.1, 0.15) is 0 Å². The van der Waals surface area contributed by atoms with Gasteiger partial charge in [-0.15, -0.1) is 0 Å². The Bertz CT molecular complexity index is 700. The normalized spacial score (nSPS) is 17.7. The second kappa shape index (κ2) is 8.81. The molecule has 0 saturated carbocycles. The minimum Gasteiger partial charge on any atom is -0.378 e. The number of aromatic nitrogens is 1. The first-order valence-electron chi connectivity index (χ1n) is 9.27. The third-order valence-corrected chi connectivity index (χ3v) is 4.82. The van der Waals surface area contributed by atoms with E-state index >= 15 is 0 Å². The summed E-state index contributed by atoms with van der Waals surface area (Å²) in [6.45, 7) is 2.87. The van der Waals surface area contributed by atoms with Crippen LogP contribution < -0.4 is 10.2 Å². The van der Waals surface area contributed by atoms with E-state index in [0.717, 1.165) is 43.7 Å². The molecule has 0 bridgehead atoms. The molecule has 0 spiro atoms. The summed E-state index contributed by atoms with van der Waals surface area (Å²) in [6, 6.07) is 12.5. The molecule has 26 heavy (non-hydrogen) atoms. The fourth-order valence-electron chi connectivity index (χ4n) is 3.44. The number of benzene rings is 1. The molecule has 2 aromatic rings. The second-order valence-corrected chi connectivity index (χ2v) is 7.24. The Morgan fingerprint density at radius 3 is 2.73 bits per heavy atom. The first-order valence-corrected chi connectivity index (χ1v) is 9.27. The van der Waals surface area contributed by atoms with Crippen LogP contribution in [0.3, 0.4) is 0 Å². The highest BCUT2D eigenvalue weighted by atomic mass is 16.1. The van der Waals surface area contributed by atoms with Crippen molar-refractivity contribution in [3.05, 3.63) is 59.9 Å². The largest absolute Gasteiger partial charge is 0.378 e. The third-order valence-electron chi connectivity index (χ3n) is 4.82. The summed E-state index contributed by atoms with van der Waals surface area (Å²) in [6.07, 6.45) is 6.32.